The molecule has 0 heteroatoms. The van der Waals surface area contributed by atoms with Crippen LogP contribution in [0.15, 0.2) is 0 Å². The Morgan fingerprint density at radius 3 is 1.31 bits per heavy atom. The molecule has 0 aromatic rings. The Bertz CT molecular complexity index is 207. The zero-order chi connectivity index (χ0) is 13.4. The van der Waals surface area contributed by atoms with Crippen molar-refractivity contribution >= 4 is 0 Å². The zero-order valence-electron chi connectivity index (χ0n) is 13.4. The largest absolute Gasteiger partial charge is 0.0625 e. The van der Waals surface area contributed by atoms with Crippen LogP contribution in [0.2, 0.25) is 0 Å². The molecule has 0 aliphatic heterocycles. The van der Waals surface area contributed by atoms with Gasteiger partial charge in [0.2, 0.25) is 0 Å². The predicted molar refractivity (Wildman–Crippen MR) is 75.6 cm³/mol. The average Bonchev–Trinajstić information content (AvgIpc) is 1.95. The molecule has 0 aliphatic rings. The van der Waals surface area contributed by atoms with Gasteiger partial charge in [0, 0.05) is 0 Å². The molecular weight excluding hydrogens is 192 g/mol. The lowest BCUT2D eigenvalue weighted by Gasteiger charge is -2.49. The van der Waals surface area contributed by atoms with Crippen molar-refractivity contribution in [3.05, 3.63) is 0 Å². The van der Waals surface area contributed by atoms with E-state index in [1.807, 2.05) is 0 Å². The van der Waals surface area contributed by atoms with E-state index in [1.165, 1.54) is 6.42 Å². The van der Waals surface area contributed by atoms with E-state index >= 15 is 0 Å². The molecule has 1 unspecified atom stereocenters. The van der Waals surface area contributed by atoms with Crippen LogP contribution >= 0.6 is 0 Å². The zero-order valence-corrected chi connectivity index (χ0v) is 13.4. The van der Waals surface area contributed by atoms with Crippen LogP contribution < -0.4 is 0 Å². The van der Waals surface area contributed by atoms with Gasteiger partial charge in [-0.15, -0.1) is 0 Å². The third kappa shape index (κ3) is 4.11. The Labute approximate surface area is 104 Å². The molecular formula is C16H34. The summed E-state index contributed by atoms with van der Waals surface area (Å²) in [7, 11) is 0. The number of hydrogen-bond donors (Lipinski definition) is 0. The highest BCUT2D eigenvalue weighted by Gasteiger charge is 2.42. The van der Waals surface area contributed by atoms with Crippen molar-refractivity contribution in [2.75, 3.05) is 0 Å². The first-order valence-corrected chi connectivity index (χ1v) is 6.79. The fourth-order valence-electron chi connectivity index (χ4n) is 2.54. The lowest BCUT2D eigenvalue weighted by Crippen LogP contribution is -2.41. The second kappa shape index (κ2) is 4.70. The van der Waals surface area contributed by atoms with Crippen LogP contribution in [0.4, 0.5) is 0 Å². The normalized spacial score (nSPS) is 16.7. The molecule has 0 nitrogen and oxygen atoms in total. The van der Waals surface area contributed by atoms with E-state index < -0.39 is 0 Å². The first-order chi connectivity index (χ1) is 6.79. The fourth-order valence-corrected chi connectivity index (χ4v) is 2.54. The Morgan fingerprint density at radius 2 is 1.12 bits per heavy atom. The van der Waals surface area contributed by atoms with Crippen molar-refractivity contribution in [3.8, 4) is 0 Å². The number of rotatable bonds is 3. The number of hydrogen-bond acceptors (Lipinski definition) is 0. The molecule has 0 saturated heterocycles. The molecule has 0 fully saturated rings. The second-order valence-electron chi connectivity index (χ2n) is 8.59. The summed E-state index contributed by atoms with van der Waals surface area (Å²) in [6, 6.07) is 0. The Balaban J connectivity index is 5.07. The van der Waals surface area contributed by atoms with E-state index in [2.05, 4.69) is 69.2 Å². The van der Waals surface area contributed by atoms with Gasteiger partial charge in [0.25, 0.3) is 0 Å². The quantitative estimate of drug-likeness (QED) is 0.573. The van der Waals surface area contributed by atoms with Gasteiger partial charge in [0.15, 0.2) is 0 Å². The van der Waals surface area contributed by atoms with Crippen molar-refractivity contribution in [2.24, 2.45) is 28.1 Å². The van der Waals surface area contributed by atoms with Crippen molar-refractivity contribution in [2.45, 2.75) is 75.7 Å². The van der Waals surface area contributed by atoms with Crippen molar-refractivity contribution in [3.63, 3.8) is 0 Å². The minimum absolute atomic E-state index is 0.368. The van der Waals surface area contributed by atoms with Gasteiger partial charge in [-0.3, -0.25) is 0 Å². The van der Waals surface area contributed by atoms with Crippen LogP contribution in [0.1, 0.15) is 75.7 Å². The molecule has 0 bridgehead atoms. The lowest BCUT2D eigenvalue weighted by atomic mass is 9.56. The minimum Gasteiger partial charge on any atom is -0.0625 e. The SMILES string of the molecule is CC(C)C(CC(C)(C)C)C(C)(C)C(C)(C)C. The summed E-state index contributed by atoms with van der Waals surface area (Å²) in [6.45, 7) is 23.9. The topological polar surface area (TPSA) is 0 Å². The van der Waals surface area contributed by atoms with Crippen LogP contribution in [-0.2, 0) is 0 Å². The van der Waals surface area contributed by atoms with Crippen molar-refractivity contribution in [1.82, 2.24) is 0 Å². The Kier molecular flexibility index (Phi) is 4.70. The van der Waals surface area contributed by atoms with Gasteiger partial charge in [-0.2, -0.15) is 0 Å². The third-order valence-electron chi connectivity index (χ3n) is 4.50. The highest BCUT2D eigenvalue weighted by atomic mass is 14.5. The molecule has 0 aromatic heterocycles. The summed E-state index contributed by atoms with van der Waals surface area (Å²) in [5, 5.41) is 0. The maximum Gasteiger partial charge on any atom is -0.0275 e. The highest BCUT2D eigenvalue weighted by molar-refractivity contribution is 4.91. The van der Waals surface area contributed by atoms with Crippen LogP contribution in [0.5, 0.6) is 0 Å². The molecule has 16 heavy (non-hydrogen) atoms. The van der Waals surface area contributed by atoms with E-state index in [-0.39, 0.29) is 0 Å². The summed E-state index contributed by atoms with van der Waals surface area (Å²) in [4.78, 5) is 0. The molecule has 0 N–H and O–H groups in total. The van der Waals surface area contributed by atoms with Crippen LogP contribution in [0, 0.1) is 28.1 Å². The summed E-state index contributed by atoms with van der Waals surface area (Å²) < 4.78 is 0. The molecule has 0 amide bonds. The Hall–Kier alpha value is 0. The van der Waals surface area contributed by atoms with Gasteiger partial charge in [0.05, 0.1) is 0 Å². The van der Waals surface area contributed by atoms with Crippen LogP contribution in [0.3, 0.4) is 0 Å². The summed E-state index contributed by atoms with van der Waals surface area (Å²) in [5.41, 5.74) is 1.18. The molecule has 0 spiro atoms. The van der Waals surface area contributed by atoms with E-state index in [0.717, 1.165) is 11.8 Å². The fraction of sp³-hybridized carbons (Fsp3) is 1.00. The van der Waals surface area contributed by atoms with Gasteiger partial charge in [-0.05, 0) is 34.5 Å². The smallest absolute Gasteiger partial charge is 0.0275 e. The van der Waals surface area contributed by atoms with Gasteiger partial charge in [0.1, 0.15) is 0 Å². The molecule has 0 rings (SSSR count). The van der Waals surface area contributed by atoms with Gasteiger partial charge in [-0.1, -0.05) is 69.2 Å². The van der Waals surface area contributed by atoms with Crippen LogP contribution in [0.25, 0.3) is 0 Å². The van der Waals surface area contributed by atoms with Crippen molar-refractivity contribution in [1.29, 1.82) is 0 Å². The molecule has 1 atom stereocenters. The van der Waals surface area contributed by atoms with Gasteiger partial charge < -0.3 is 0 Å². The van der Waals surface area contributed by atoms with Gasteiger partial charge in [-0.25, -0.2) is 0 Å². The maximum absolute atomic E-state index is 2.45. The van der Waals surface area contributed by atoms with E-state index in [1.54, 1.807) is 0 Å². The molecule has 0 heterocycles. The van der Waals surface area contributed by atoms with E-state index in [9.17, 15) is 0 Å². The predicted octanol–water partition coefficient (Wildman–Crippen LogP) is 5.77. The summed E-state index contributed by atoms with van der Waals surface area (Å²) in [5.74, 6) is 1.54. The highest BCUT2D eigenvalue weighted by Crippen LogP contribution is 2.50. The standard InChI is InChI=1S/C16H34/c1-12(2)13(11-14(3,4)5)16(9,10)15(6,7)8/h12-13H,11H2,1-10H3. The van der Waals surface area contributed by atoms with Crippen LogP contribution in [-0.4, -0.2) is 0 Å². The molecule has 0 aliphatic carbocycles. The minimum atomic E-state index is 0.368. The molecule has 0 saturated carbocycles. The monoisotopic (exact) mass is 226 g/mol. The first-order valence-electron chi connectivity index (χ1n) is 6.79. The first kappa shape index (κ1) is 16.0. The van der Waals surface area contributed by atoms with E-state index in [0.29, 0.717) is 16.2 Å². The summed E-state index contributed by atoms with van der Waals surface area (Å²) >= 11 is 0. The van der Waals surface area contributed by atoms with Gasteiger partial charge >= 0.3 is 0 Å². The summed E-state index contributed by atoms with van der Waals surface area (Å²) in [6.07, 6.45) is 1.31. The second-order valence-corrected chi connectivity index (χ2v) is 8.59. The lowest BCUT2D eigenvalue weighted by molar-refractivity contribution is 0.00441. The third-order valence-corrected chi connectivity index (χ3v) is 4.50. The van der Waals surface area contributed by atoms with E-state index in [4.69, 9.17) is 0 Å². The van der Waals surface area contributed by atoms with Crippen molar-refractivity contribution < 1.29 is 0 Å². The average molecular weight is 226 g/mol. The molecule has 98 valence electrons. The molecule has 0 radical (unpaired) electrons. The Morgan fingerprint density at radius 1 is 0.750 bits per heavy atom. The maximum atomic E-state index is 2.45. The molecule has 0 aromatic carbocycles.